The summed E-state index contributed by atoms with van der Waals surface area (Å²) in [7, 11) is 4.81. The number of hydrogen-bond donors (Lipinski definition) is 0. The Morgan fingerprint density at radius 3 is 2.33 bits per heavy atom. The van der Waals surface area contributed by atoms with E-state index in [-0.39, 0.29) is 11.3 Å². The van der Waals surface area contributed by atoms with Crippen LogP contribution in [-0.4, -0.2) is 44.4 Å². The van der Waals surface area contributed by atoms with E-state index in [1.807, 2.05) is 17.0 Å². The zero-order chi connectivity index (χ0) is 15.4. The summed E-state index contributed by atoms with van der Waals surface area (Å²) in [6.07, 6.45) is 0.929. The molecule has 1 aliphatic heterocycles. The summed E-state index contributed by atoms with van der Waals surface area (Å²) < 4.78 is 16.1. The van der Waals surface area contributed by atoms with Crippen LogP contribution in [0.3, 0.4) is 0 Å². The Labute approximate surface area is 129 Å². The van der Waals surface area contributed by atoms with Crippen molar-refractivity contribution in [1.29, 1.82) is 0 Å². The van der Waals surface area contributed by atoms with Crippen molar-refractivity contribution >= 4 is 17.7 Å². The van der Waals surface area contributed by atoms with Crippen LogP contribution in [0.1, 0.15) is 24.3 Å². The van der Waals surface area contributed by atoms with Crippen LogP contribution in [0.5, 0.6) is 17.2 Å². The standard InChI is InChI=1S/C15H21NO4S/c1-5-6-16-14(17)9-21-15(16)10-7-12(19-3)13(20-4)8-11(10)18-2/h7-8,15H,5-6,9H2,1-4H3. The highest BCUT2D eigenvalue weighted by Crippen LogP contribution is 2.46. The number of benzene rings is 1. The van der Waals surface area contributed by atoms with Gasteiger partial charge in [-0.15, -0.1) is 11.8 Å². The van der Waals surface area contributed by atoms with Gasteiger partial charge in [-0.3, -0.25) is 4.79 Å². The van der Waals surface area contributed by atoms with Crippen molar-refractivity contribution in [3.8, 4) is 17.2 Å². The molecule has 0 spiro atoms. The van der Waals surface area contributed by atoms with Gasteiger partial charge in [0.05, 0.1) is 27.1 Å². The van der Waals surface area contributed by atoms with Crippen LogP contribution in [0.4, 0.5) is 0 Å². The summed E-state index contributed by atoms with van der Waals surface area (Å²) in [5, 5.41) is -0.0350. The van der Waals surface area contributed by atoms with Crippen molar-refractivity contribution in [1.82, 2.24) is 4.90 Å². The minimum atomic E-state index is -0.0350. The van der Waals surface area contributed by atoms with E-state index in [1.165, 1.54) is 0 Å². The monoisotopic (exact) mass is 311 g/mol. The highest BCUT2D eigenvalue weighted by Gasteiger charge is 2.34. The van der Waals surface area contributed by atoms with E-state index in [0.717, 1.165) is 18.5 Å². The molecule has 1 fully saturated rings. The van der Waals surface area contributed by atoms with Crippen molar-refractivity contribution in [2.75, 3.05) is 33.6 Å². The molecule has 1 aliphatic rings. The van der Waals surface area contributed by atoms with E-state index in [4.69, 9.17) is 14.2 Å². The summed E-state index contributed by atoms with van der Waals surface area (Å²) in [6.45, 7) is 2.81. The second-order valence-corrected chi connectivity index (χ2v) is 5.77. The van der Waals surface area contributed by atoms with Gasteiger partial charge in [-0.1, -0.05) is 6.92 Å². The first-order valence-electron chi connectivity index (χ1n) is 6.87. The van der Waals surface area contributed by atoms with E-state index >= 15 is 0 Å². The van der Waals surface area contributed by atoms with Gasteiger partial charge < -0.3 is 19.1 Å². The van der Waals surface area contributed by atoms with Crippen LogP contribution in [0.15, 0.2) is 12.1 Å². The molecule has 0 aliphatic carbocycles. The fourth-order valence-electron chi connectivity index (χ4n) is 2.44. The molecule has 1 aromatic rings. The first kappa shape index (κ1) is 15.8. The third-order valence-corrected chi connectivity index (χ3v) is 4.67. The van der Waals surface area contributed by atoms with E-state index < -0.39 is 0 Å². The smallest absolute Gasteiger partial charge is 0.233 e. The van der Waals surface area contributed by atoms with Crippen LogP contribution in [-0.2, 0) is 4.79 Å². The van der Waals surface area contributed by atoms with Gasteiger partial charge in [-0.2, -0.15) is 0 Å². The van der Waals surface area contributed by atoms with Gasteiger partial charge >= 0.3 is 0 Å². The fourth-order valence-corrected chi connectivity index (χ4v) is 3.67. The van der Waals surface area contributed by atoms with Crippen molar-refractivity contribution in [2.45, 2.75) is 18.7 Å². The average Bonchev–Trinajstić information content (AvgIpc) is 2.87. The number of carbonyl (C=O) groups is 1. The predicted molar refractivity (Wildman–Crippen MR) is 83.3 cm³/mol. The van der Waals surface area contributed by atoms with E-state index in [1.54, 1.807) is 33.1 Å². The molecule has 0 saturated carbocycles. The average molecular weight is 311 g/mol. The number of methoxy groups -OCH3 is 3. The Balaban J connectivity index is 2.44. The van der Waals surface area contributed by atoms with Crippen LogP contribution in [0, 0.1) is 0 Å². The summed E-state index contributed by atoms with van der Waals surface area (Å²) >= 11 is 1.61. The van der Waals surface area contributed by atoms with Crippen LogP contribution in [0.2, 0.25) is 0 Å². The third-order valence-electron chi connectivity index (χ3n) is 3.43. The van der Waals surface area contributed by atoms with Gasteiger partial charge in [0.1, 0.15) is 11.1 Å². The van der Waals surface area contributed by atoms with E-state index in [0.29, 0.717) is 23.0 Å². The van der Waals surface area contributed by atoms with Gasteiger partial charge in [-0.25, -0.2) is 0 Å². The molecular weight excluding hydrogens is 290 g/mol. The maximum absolute atomic E-state index is 12.0. The first-order valence-corrected chi connectivity index (χ1v) is 7.92. The SMILES string of the molecule is CCCN1C(=O)CSC1c1cc(OC)c(OC)cc1OC. The lowest BCUT2D eigenvalue weighted by molar-refractivity contribution is -0.128. The van der Waals surface area contributed by atoms with Crippen LogP contribution >= 0.6 is 11.8 Å². The molecule has 21 heavy (non-hydrogen) atoms. The Morgan fingerprint density at radius 1 is 1.14 bits per heavy atom. The van der Waals surface area contributed by atoms with Crippen molar-refractivity contribution in [3.63, 3.8) is 0 Å². The molecule has 1 amide bonds. The molecule has 116 valence electrons. The quantitative estimate of drug-likeness (QED) is 0.808. The molecule has 0 radical (unpaired) electrons. The third kappa shape index (κ3) is 3.05. The van der Waals surface area contributed by atoms with Gasteiger partial charge in [-0.05, 0) is 12.5 Å². The molecule has 1 aromatic carbocycles. The van der Waals surface area contributed by atoms with Gasteiger partial charge in [0.2, 0.25) is 5.91 Å². The largest absolute Gasteiger partial charge is 0.496 e. The highest BCUT2D eigenvalue weighted by molar-refractivity contribution is 8.00. The lowest BCUT2D eigenvalue weighted by Crippen LogP contribution is -2.29. The lowest BCUT2D eigenvalue weighted by Gasteiger charge is -2.25. The maximum atomic E-state index is 12.0. The minimum absolute atomic E-state index is 0.0350. The highest BCUT2D eigenvalue weighted by atomic mass is 32.2. The number of ether oxygens (including phenoxy) is 3. The number of amides is 1. The Bertz CT molecular complexity index is 521. The molecule has 2 rings (SSSR count). The van der Waals surface area contributed by atoms with Gasteiger partial charge in [0.25, 0.3) is 0 Å². The molecule has 0 N–H and O–H groups in total. The molecule has 5 nitrogen and oxygen atoms in total. The molecule has 1 saturated heterocycles. The van der Waals surface area contributed by atoms with Crippen LogP contribution < -0.4 is 14.2 Å². The minimum Gasteiger partial charge on any atom is -0.496 e. The fraction of sp³-hybridized carbons (Fsp3) is 0.533. The topological polar surface area (TPSA) is 48.0 Å². The lowest BCUT2D eigenvalue weighted by atomic mass is 10.1. The van der Waals surface area contributed by atoms with Crippen molar-refractivity contribution in [2.24, 2.45) is 0 Å². The van der Waals surface area contributed by atoms with E-state index in [9.17, 15) is 4.79 Å². The number of nitrogens with zero attached hydrogens (tertiary/aromatic N) is 1. The normalized spacial score (nSPS) is 18.0. The zero-order valence-corrected chi connectivity index (χ0v) is 13.7. The van der Waals surface area contributed by atoms with Crippen LogP contribution in [0.25, 0.3) is 0 Å². The second kappa shape index (κ2) is 6.93. The second-order valence-electron chi connectivity index (χ2n) is 4.70. The molecule has 1 heterocycles. The Kier molecular flexibility index (Phi) is 5.22. The van der Waals surface area contributed by atoms with Gasteiger partial charge in [0.15, 0.2) is 11.5 Å². The Hall–Kier alpha value is -1.56. The summed E-state index contributed by atoms with van der Waals surface area (Å²) in [6, 6.07) is 3.71. The molecule has 0 aromatic heterocycles. The maximum Gasteiger partial charge on any atom is 0.233 e. The number of hydrogen-bond acceptors (Lipinski definition) is 5. The summed E-state index contributed by atoms with van der Waals surface area (Å²) in [4.78, 5) is 13.9. The first-order chi connectivity index (χ1) is 10.2. The number of carbonyl (C=O) groups excluding carboxylic acids is 1. The zero-order valence-electron chi connectivity index (χ0n) is 12.8. The van der Waals surface area contributed by atoms with Gasteiger partial charge in [0, 0.05) is 18.2 Å². The molecular formula is C15H21NO4S. The molecule has 0 bridgehead atoms. The molecule has 1 unspecified atom stereocenters. The number of rotatable bonds is 6. The molecule has 6 heteroatoms. The molecule has 1 atom stereocenters. The summed E-state index contributed by atoms with van der Waals surface area (Å²) in [5.41, 5.74) is 0.944. The van der Waals surface area contributed by atoms with E-state index in [2.05, 4.69) is 6.92 Å². The number of thioether (sulfide) groups is 1. The van der Waals surface area contributed by atoms with Crippen molar-refractivity contribution in [3.05, 3.63) is 17.7 Å². The predicted octanol–water partition coefficient (Wildman–Crippen LogP) is 2.70. The Morgan fingerprint density at radius 2 is 1.76 bits per heavy atom. The van der Waals surface area contributed by atoms with Crippen molar-refractivity contribution < 1.29 is 19.0 Å². The summed E-state index contributed by atoms with van der Waals surface area (Å²) in [5.74, 6) is 2.64.